The first-order chi connectivity index (χ1) is 13.4. The predicted molar refractivity (Wildman–Crippen MR) is 114 cm³/mol. The maximum absolute atomic E-state index is 12.9. The summed E-state index contributed by atoms with van der Waals surface area (Å²) >= 11 is 0. The van der Waals surface area contributed by atoms with E-state index in [1.165, 1.54) is 5.56 Å². The van der Waals surface area contributed by atoms with Gasteiger partial charge in [0, 0.05) is 23.4 Å². The topological polar surface area (TPSA) is 31.2 Å². The van der Waals surface area contributed by atoms with Crippen LogP contribution in [0.4, 0.5) is 0 Å². The standard InChI is InChI=1S/C25H27NO2/c1-5-28-20-12-10-19(11-13-20)26-22(18-8-6-17(2)7-9-18)14-21-23(26)15-25(3,4)16-24(21)27/h6-14H,5,15-16H2,1-4H3. The van der Waals surface area contributed by atoms with Crippen LogP contribution in [0.2, 0.25) is 0 Å². The molecule has 4 rings (SSSR count). The van der Waals surface area contributed by atoms with Crippen molar-refractivity contribution in [2.24, 2.45) is 5.41 Å². The molecule has 3 nitrogen and oxygen atoms in total. The van der Waals surface area contributed by atoms with E-state index in [-0.39, 0.29) is 11.2 Å². The van der Waals surface area contributed by atoms with Crippen LogP contribution in [0.1, 0.15) is 48.8 Å². The van der Waals surface area contributed by atoms with Crippen LogP contribution in [0, 0.1) is 12.3 Å². The van der Waals surface area contributed by atoms with Crippen molar-refractivity contribution in [2.45, 2.75) is 40.5 Å². The number of benzene rings is 2. The van der Waals surface area contributed by atoms with E-state index in [9.17, 15) is 4.79 Å². The van der Waals surface area contributed by atoms with Gasteiger partial charge in [0.25, 0.3) is 0 Å². The van der Waals surface area contributed by atoms with Gasteiger partial charge in [0.15, 0.2) is 5.78 Å². The molecule has 0 atom stereocenters. The van der Waals surface area contributed by atoms with Crippen molar-refractivity contribution in [1.82, 2.24) is 4.57 Å². The Morgan fingerprint density at radius 1 is 1.00 bits per heavy atom. The van der Waals surface area contributed by atoms with Gasteiger partial charge in [-0.3, -0.25) is 4.79 Å². The molecule has 3 heteroatoms. The van der Waals surface area contributed by atoms with Crippen molar-refractivity contribution in [1.29, 1.82) is 0 Å². The number of hydrogen-bond acceptors (Lipinski definition) is 2. The van der Waals surface area contributed by atoms with E-state index in [1.807, 2.05) is 19.1 Å². The largest absolute Gasteiger partial charge is 0.494 e. The first-order valence-corrected chi connectivity index (χ1v) is 9.96. The molecule has 2 aromatic carbocycles. The molecule has 1 aliphatic carbocycles. The Morgan fingerprint density at radius 3 is 2.32 bits per heavy atom. The number of hydrogen-bond donors (Lipinski definition) is 0. The number of aromatic nitrogens is 1. The number of ether oxygens (including phenoxy) is 1. The van der Waals surface area contributed by atoms with E-state index in [0.717, 1.165) is 40.4 Å². The minimum atomic E-state index is -0.0318. The normalized spacial score (nSPS) is 15.4. The summed E-state index contributed by atoms with van der Waals surface area (Å²) in [4.78, 5) is 12.9. The third-order valence-electron chi connectivity index (χ3n) is 5.44. The SMILES string of the molecule is CCOc1ccc(-n2c(-c3ccc(C)cc3)cc3c2CC(C)(C)CC3=O)cc1. The van der Waals surface area contributed by atoms with Gasteiger partial charge in [-0.25, -0.2) is 0 Å². The molecule has 0 N–H and O–H groups in total. The molecule has 0 saturated heterocycles. The zero-order valence-electron chi connectivity index (χ0n) is 17.1. The number of Topliss-reactive ketones (excluding diaryl/α,β-unsaturated/α-hetero) is 1. The summed E-state index contributed by atoms with van der Waals surface area (Å²) in [6.07, 6.45) is 1.48. The lowest BCUT2D eigenvalue weighted by Crippen LogP contribution is -2.27. The zero-order chi connectivity index (χ0) is 19.9. The predicted octanol–water partition coefficient (Wildman–Crippen LogP) is 6.01. The van der Waals surface area contributed by atoms with Crippen LogP contribution in [-0.2, 0) is 6.42 Å². The van der Waals surface area contributed by atoms with Crippen LogP contribution >= 0.6 is 0 Å². The Kier molecular flexibility index (Phi) is 4.62. The van der Waals surface area contributed by atoms with Crippen LogP contribution in [0.15, 0.2) is 54.6 Å². The summed E-state index contributed by atoms with van der Waals surface area (Å²) in [6.45, 7) is 9.07. The van der Waals surface area contributed by atoms with Gasteiger partial charge < -0.3 is 9.30 Å². The molecule has 0 bridgehead atoms. The molecule has 0 amide bonds. The monoisotopic (exact) mass is 373 g/mol. The number of aryl methyl sites for hydroxylation is 1. The van der Waals surface area contributed by atoms with Gasteiger partial charge in [-0.1, -0.05) is 43.7 Å². The third-order valence-corrected chi connectivity index (χ3v) is 5.44. The number of carbonyl (C=O) groups excluding carboxylic acids is 1. The van der Waals surface area contributed by atoms with Crippen molar-refractivity contribution in [3.8, 4) is 22.7 Å². The smallest absolute Gasteiger partial charge is 0.165 e. The first-order valence-electron chi connectivity index (χ1n) is 9.96. The fraction of sp³-hybridized carbons (Fsp3) is 0.320. The van der Waals surface area contributed by atoms with Gasteiger partial charge in [0.05, 0.1) is 12.3 Å². The summed E-state index contributed by atoms with van der Waals surface area (Å²) in [5, 5.41) is 0. The molecule has 144 valence electrons. The molecule has 28 heavy (non-hydrogen) atoms. The molecule has 0 saturated carbocycles. The average molecular weight is 373 g/mol. The fourth-order valence-corrected chi connectivity index (χ4v) is 4.10. The minimum Gasteiger partial charge on any atom is -0.494 e. The van der Waals surface area contributed by atoms with Gasteiger partial charge in [-0.05, 0) is 61.6 Å². The Balaban J connectivity index is 1.91. The number of rotatable bonds is 4. The van der Waals surface area contributed by atoms with E-state index in [4.69, 9.17) is 4.74 Å². The maximum atomic E-state index is 12.9. The molecule has 0 unspecified atom stereocenters. The molecule has 3 aromatic rings. The van der Waals surface area contributed by atoms with E-state index in [1.54, 1.807) is 0 Å². The quantitative estimate of drug-likeness (QED) is 0.561. The number of ketones is 1. The van der Waals surface area contributed by atoms with Crippen molar-refractivity contribution in [2.75, 3.05) is 6.61 Å². The molecule has 0 radical (unpaired) electrons. The molecule has 1 heterocycles. The second-order valence-electron chi connectivity index (χ2n) is 8.46. The molecule has 1 aromatic heterocycles. The van der Waals surface area contributed by atoms with Crippen LogP contribution in [0.25, 0.3) is 16.9 Å². The second-order valence-corrected chi connectivity index (χ2v) is 8.46. The highest BCUT2D eigenvalue weighted by atomic mass is 16.5. The lowest BCUT2D eigenvalue weighted by molar-refractivity contribution is 0.0911. The minimum absolute atomic E-state index is 0.0318. The van der Waals surface area contributed by atoms with Crippen LogP contribution < -0.4 is 4.74 Å². The lowest BCUT2D eigenvalue weighted by Gasteiger charge is -2.30. The molecule has 1 aliphatic rings. The molecule has 0 fully saturated rings. The summed E-state index contributed by atoms with van der Waals surface area (Å²) in [6, 6.07) is 18.7. The third kappa shape index (κ3) is 3.37. The Bertz CT molecular complexity index is 1010. The highest BCUT2D eigenvalue weighted by Crippen LogP contribution is 2.40. The Labute approximate surface area is 167 Å². The van der Waals surface area contributed by atoms with Crippen LogP contribution in [0.3, 0.4) is 0 Å². The fourth-order valence-electron chi connectivity index (χ4n) is 4.10. The molecule has 0 spiro atoms. The zero-order valence-corrected chi connectivity index (χ0v) is 17.1. The number of fused-ring (bicyclic) bond motifs is 1. The second kappa shape index (κ2) is 6.97. The molecular weight excluding hydrogens is 346 g/mol. The molecular formula is C25H27NO2. The maximum Gasteiger partial charge on any atom is 0.165 e. The van der Waals surface area contributed by atoms with E-state index < -0.39 is 0 Å². The van der Waals surface area contributed by atoms with Gasteiger partial charge in [0.2, 0.25) is 0 Å². The first kappa shape index (κ1) is 18.5. The van der Waals surface area contributed by atoms with Gasteiger partial charge in [0.1, 0.15) is 5.75 Å². The summed E-state index contributed by atoms with van der Waals surface area (Å²) in [5.74, 6) is 1.10. The van der Waals surface area contributed by atoms with E-state index in [2.05, 4.69) is 67.8 Å². The Morgan fingerprint density at radius 2 is 1.68 bits per heavy atom. The van der Waals surface area contributed by atoms with Crippen molar-refractivity contribution in [3.63, 3.8) is 0 Å². The van der Waals surface area contributed by atoms with Crippen LogP contribution in [-0.4, -0.2) is 17.0 Å². The van der Waals surface area contributed by atoms with Gasteiger partial charge in [-0.15, -0.1) is 0 Å². The highest BCUT2D eigenvalue weighted by Gasteiger charge is 2.34. The number of nitrogens with zero attached hydrogens (tertiary/aromatic N) is 1. The van der Waals surface area contributed by atoms with Crippen molar-refractivity contribution in [3.05, 3.63) is 71.4 Å². The van der Waals surface area contributed by atoms with Crippen molar-refractivity contribution < 1.29 is 9.53 Å². The van der Waals surface area contributed by atoms with Crippen molar-refractivity contribution >= 4 is 5.78 Å². The highest BCUT2D eigenvalue weighted by molar-refractivity contribution is 6.00. The summed E-state index contributed by atoms with van der Waals surface area (Å²) in [5.41, 5.74) is 6.43. The lowest BCUT2D eigenvalue weighted by atomic mass is 9.76. The summed E-state index contributed by atoms with van der Waals surface area (Å²) in [7, 11) is 0. The summed E-state index contributed by atoms with van der Waals surface area (Å²) < 4.78 is 7.86. The molecule has 0 aliphatic heterocycles. The van der Waals surface area contributed by atoms with E-state index in [0.29, 0.717) is 13.0 Å². The average Bonchev–Trinajstić information content (AvgIpc) is 3.02. The van der Waals surface area contributed by atoms with Gasteiger partial charge >= 0.3 is 0 Å². The Hall–Kier alpha value is -2.81. The van der Waals surface area contributed by atoms with E-state index >= 15 is 0 Å². The number of carbonyl (C=O) groups is 1. The van der Waals surface area contributed by atoms with Crippen LogP contribution in [0.5, 0.6) is 5.75 Å². The van der Waals surface area contributed by atoms with Gasteiger partial charge in [-0.2, -0.15) is 0 Å².